The first kappa shape index (κ1) is 11.4. The second-order valence-electron chi connectivity index (χ2n) is 3.67. The molecule has 1 amide bonds. The molecule has 2 rings (SSSR count). The molecular weight excluding hydrogens is 226 g/mol. The maximum Gasteiger partial charge on any atom is 0.313 e. The zero-order chi connectivity index (χ0) is 12.4. The average molecular weight is 237 g/mol. The number of fused-ring (bicyclic) bond motifs is 1. The molecule has 0 spiro atoms. The normalized spacial score (nSPS) is 15.5. The van der Waals surface area contributed by atoms with Crippen LogP contribution in [-0.4, -0.2) is 35.3 Å². The number of aliphatic hydroxyl groups is 1. The third kappa shape index (κ3) is 2.21. The number of carboxylic acids is 1. The topological polar surface area (TPSA) is 95.9 Å². The molecule has 6 heteroatoms. The fourth-order valence-corrected chi connectivity index (χ4v) is 1.64. The molecule has 0 saturated heterocycles. The van der Waals surface area contributed by atoms with E-state index in [0.717, 1.165) is 0 Å². The van der Waals surface area contributed by atoms with Crippen LogP contribution in [0.3, 0.4) is 0 Å². The highest BCUT2D eigenvalue weighted by Gasteiger charge is 2.22. The highest BCUT2D eigenvalue weighted by Crippen LogP contribution is 2.31. The van der Waals surface area contributed by atoms with Crippen molar-refractivity contribution in [2.75, 3.05) is 18.5 Å². The summed E-state index contributed by atoms with van der Waals surface area (Å²) in [7, 11) is 0. The van der Waals surface area contributed by atoms with Gasteiger partial charge < -0.3 is 20.3 Å². The van der Waals surface area contributed by atoms with E-state index in [4.69, 9.17) is 14.9 Å². The maximum atomic E-state index is 11.1. The number of carboxylic acid groups (broad SMARTS) is 1. The number of ether oxygens (including phenoxy) is 1. The van der Waals surface area contributed by atoms with Gasteiger partial charge in [0, 0.05) is 0 Å². The van der Waals surface area contributed by atoms with E-state index in [1.807, 2.05) is 0 Å². The van der Waals surface area contributed by atoms with Gasteiger partial charge in [0.2, 0.25) is 0 Å². The summed E-state index contributed by atoms with van der Waals surface area (Å²) in [4.78, 5) is 22.0. The Labute approximate surface area is 96.8 Å². The minimum Gasteiger partial charge on any atom is -0.482 e. The van der Waals surface area contributed by atoms with Gasteiger partial charge in [-0.1, -0.05) is 6.07 Å². The van der Waals surface area contributed by atoms with Crippen LogP contribution in [0.5, 0.6) is 5.75 Å². The zero-order valence-corrected chi connectivity index (χ0v) is 8.84. The summed E-state index contributed by atoms with van der Waals surface area (Å²) in [6.45, 7) is -0.544. The van der Waals surface area contributed by atoms with Crippen molar-refractivity contribution in [2.24, 2.45) is 0 Å². The van der Waals surface area contributed by atoms with Crippen molar-refractivity contribution in [3.05, 3.63) is 23.8 Å². The molecule has 0 fully saturated rings. The van der Waals surface area contributed by atoms with Crippen molar-refractivity contribution in [1.82, 2.24) is 0 Å². The molecule has 90 valence electrons. The number of nitrogens with one attached hydrogen (secondary N) is 1. The predicted octanol–water partition coefficient (Wildman–Crippen LogP) is 0.178. The maximum absolute atomic E-state index is 11.1. The quantitative estimate of drug-likeness (QED) is 0.696. The van der Waals surface area contributed by atoms with E-state index in [0.29, 0.717) is 17.0 Å². The minimum absolute atomic E-state index is 0.0469. The van der Waals surface area contributed by atoms with Crippen molar-refractivity contribution in [2.45, 2.75) is 5.92 Å². The van der Waals surface area contributed by atoms with E-state index < -0.39 is 18.5 Å². The summed E-state index contributed by atoms with van der Waals surface area (Å²) in [5, 5.41) is 20.5. The Morgan fingerprint density at radius 3 is 2.94 bits per heavy atom. The van der Waals surface area contributed by atoms with E-state index in [1.54, 1.807) is 12.1 Å². The molecule has 3 N–H and O–H groups in total. The first-order valence-corrected chi connectivity index (χ1v) is 5.02. The van der Waals surface area contributed by atoms with E-state index in [9.17, 15) is 9.59 Å². The SMILES string of the molecule is O=C1COc2ccc(C(CO)C(=O)O)cc2N1. The fourth-order valence-electron chi connectivity index (χ4n) is 1.64. The first-order valence-electron chi connectivity index (χ1n) is 5.02. The number of amides is 1. The summed E-state index contributed by atoms with van der Waals surface area (Å²) in [5.74, 6) is -1.91. The van der Waals surface area contributed by atoms with Gasteiger partial charge in [-0.2, -0.15) is 0 Å². The van der Waals surface area contributed by atoms with Crippen molar-refractivity contribution >= 4 is 17.6 Å². The Bertz CT molecular complexity index is 471. The van der Waals surface area contributed by atoms with Gasteiger partial charge in [0.1, 0.15) is 11.7 Å². The Hall–Kier alpha value is -2.08. The standard InChI is InChI=1S/C11H11NO5/c13-4-7(11(15)16)6-1-2-9-8(3-6)12-10(14)5-17-9/h1-3,7,13H,4-5H2,(H,12,14)(H,15,16). The number of carbonyl (C=O) groups is 2. The number of rotatable bonds is 3. The minimum atomic E-state index is -1.12. The highest BCUT2D eigenvalue weighted by molar-refractivity contribution is 5.95. The largest absolute Gasteiger partial charge is 0.482 e. The molecule has 0 aliphatic carbocycles. The fraction of sp³-hybridized carbons (Fsp3) is 0.273. The lowest BCUT2D eigenvalue weighted by Gasteiger charge is -2.19. The molecule has 0 saturated carbocycles. The zero-order valence-electron chi connectivity index (χ0n) is 8.84. The van der Waals surface area contributed by atoms with E-state index in [2.05, 4.69) is 5.32 Å². The molecule has 1 aromatic carbocycles. The smallest absolute Gasteiger partial charge is 0.313 e. The second-order valence-corrected chi connectivity index (χ2v) is 3.67. The van der Waals surface area contributed by atoms with Crippen molar-refractivity contribution < 1.29 is 24.5 Å². The van der Waals surface area contributed by atoms with Gasteiger partial charge in [0.15, 0.2) is 6.61 Å². The summed E-state index contributed by atoms with van der Waals surface area (Å²) < 4.78 is 5.14. The molecule has 1 aliphatic heterocycles. The van der Waals surface area contributed by atoms with Gasteiger partial charge in [-0.25, -0.2) is 0 Å². The van der Waals surface area contributed by atoms with Crippen molar-refractivity contribution in [3.8, 4) is 5.75 Å². The van der Waals surface area contributed by atoms with Gasteiger partial charge in [0.25, 0.3) is 5.91 Å². The van der Waals surface area contributed by atoms with Crippen LogP contribution in [0.15, 0.2) is 18.2 Å². The van der Waals surface area contributed by atoms with Crippen LogP contribution in [0.2, 0.25) is 0 Å². The van der Waals surface area contributed by atoms with Gasteiger partial charge in [0.05, 0.1) is 12.3 Å². The van der Waals surface area contributed by atoms with Crippen LogP contribution >= 0.6 is 0 Å². The van der Waals surface area contributed by atoms with Crippen LogP contribution in [0, 0.1) is 0 Å². The van der Waals surface area contributed by atoms with Crippen LogP contribution < -0.4 is 10.1 Å². The second kappa shape index (κ2) is 4.42. The van der Waals surface area contributed by atoms with E-state index in [-0.39, 0.29) is 12.5 Å². The van der Waals surface area contributed by atoms with Crippen LogP contribution in [0.4, 0.5) is 5.69 Å². The number of hydrogen-bond donors (Lipinski definition) is 3. The number of hydrogen-bond acceptors (Lipinski definition) is 4. The molecule has 0 aromatic heterocycles. The lowest BCUT2D eigenvalue weighted by atomic mass is 9.99. The summed E-state index contributed by atoms with van der Waals surface area (Å²) >= 11 is 0. The predicted molar refractivity (Wildman–Crippen MR) is 58.0 cm³/mol. The summed E-state index contributed by atoms with van der Waals surface area (Å²) in [6, 6.07) is 4.64. The van der Waals surface area contributed by atoms with E-state index in [1.165, 1.54) is 6.07 Å². The Kier molecular flexibility index (Phi) is 2.97. The van der Waals surface area contributed by atoms with Crippen LogP contribution in [0.25, 0.3) is 0 Å². The number of anilines is 1. The van der Waals surface area contributed by atoms with Crippen LogP contribution in [0.1, 0.15) is 11.5 Å². The number of aliphatic hydroxyl groups excluding tert-OH is 1. The Morgan fingerprint density at radius 2 is 2.29 bits per heavy atom. The van der Waals surface area contributed by atoms with Gasteiger partial charge >= 0.3 is 5.97 Å². The lowest BCUT2D eigenvalue weighted by Crippen LogP contribution is -2.25. The number of benzene rings is 1. The summed E-state index contributed by atoms with van der Waals surface area (Å²) in [5.41, 5.74) is 0.850. The van der Waals surface area contributed by atoms with Crippen molar-refractivity contribution in [1.29, 1.82) is 0 Å². The van der Waals surface area contributed by atoms with E-state index >= 15 is 0 Å². The highest BCUT2D eigenvalue weighted by atomic mass is 16.5. The number of carbonyl (C=O) groups excluding carboxylic acids is 1. The molecule has 1 aromatic rings. The van der Waals surface area contributed by atoms with Gasteiger partial charge in [-0.15, -0.1) is 0 Å². The lowest BCUT2D eigenvalue weighted by molar-refractivity contribution is -0.139. The molecule has 17 heavy (non-hydrogen) atoms. The molecule has 1 unspecified atom stereocenters. The summed E-state index contributed by atoms with van der Waals surface area (Å²) in [6.07, 6.45) is 0. The molecule has 1 aliphatic rings. The third-order valence-corrected chi connectivity index (χ3v) is 2.52. The molecule has 6 nitrogen and oxygen atoms in total. The molecule has 1 atom stereocenters. The third-order valence-electron chi connectivity index (χ3n) is 2.52. The van der Waals surface area contributed by atoms with Gasteiger partial charge in [-0.05, 0) is 17.7 Å². The Balaban J connectivity index is 2.35. The number of aliphatic carboxylic acids is 1. The van der Waals surface area contributed by atoms with Crippen LogP contribution in [-0.2, 0) is 9.59 Å². The molecular formula is C11H11NO5. The average Bonchev–Trinajstić information content (AvgIpc) is 2.29. The van der Waals surface area contributed by atoms with Gasteiger partial charge in [-0.3, -0.25) is 9.59 Å². The first-order chi connectivity index (χ1) is 8.11. The monoisotopic (exact) mass is 237 g/mol. The molecule has 0 bridgehead atoms. The van der Waals surface area contributed by atoms with Crippen molar-refractivity contribution in [3.63, 3.8) is 0 Å². The molecule has 1 heterocycles. The molecule has 0 radical (unpaired) electrons. The Morgan fingerprint density at radius 1 is 1.53 bits per heavy atom.